The molecule has 1 aliphatic heterocycles. The lowest BCUT2D eigenvalue weighted by molar-refractivity contribution is 0.391. The first-order chi connectivity index (χ1) is 11.9. The van der Waals surface area contributed by atoms with Gasteiger partial charge in [0.15, 0.2) is 0 Å². The van der Waals surface area contributed by atoms with Gasteiger partial charge in [0, 0.05) is 36.1 Å². The zero-order valence-electron chi connectivity index (χ0n) is 13.5. The molecule has 2 heterocycles. The zero-order chi connectivity index (χ0) is 17.8. The van der Waals surface area contributed by atoms with Gasteiger partial charge >= 0.3 is 0 Å². The van der Waals surface area contributed by atoms with Crippen LogP contribution in [0.2, 0.25) is 10.0 Å². The van der Waals surface area contributed by atoms with Crippen molar-refractivity contribution < 1.29 is 8.42 Å². The molecule has 0 bridgehead atoms. The highest BCUT2D eigenvalue weighted by atomic mass is 35.5. The van der Waals surface area contributed by atoms with Crippen LogP contribution in [0.1, 0.15) is 16.8 Å². The molecule has 0 spiro atoms. The first-order valence-electron chi connectivity index (χ1n) is 7.91. The van der Waals surface area contributed by atoms with Crippen molar-refractivity contribution in [3.05, 3.63) is 63.3 Å². The van der Waals surface area contributed by atoms with E-state index >= 15 is 0 Å². The molecule has 0 atom stereocenters. The summed E-state index contributed by atoms with van der Waals surface area (Å²) in [5, 5.41) is 1.67. The normalized spacial score (nSPS) is 15.5. The van der Waals surface area contributed by atoms with E-state index in [1.54, 1.807) is 0 Å². The van der Waals surface area contributed by atoms with Crippen LogP contribution in [0.3, 0.4) is 0 Å². The van der Waals surface area contributed by atoms with Crippen LogP contribution in [0.5, 0.6) is 0 Å². The van der Waals surface area contributed by atoms with Crippen LogP contribution in [-0.2, 0) is 23.0 Å². The minimum absolute atomic E-state index is 0.168. The largest absolute Gasteiger partial charge is 0.358 e. The van der Waals surface area contributed by atoms with E-state index in [9.17, 15) is 8.42 Å². The lowest BCUT2D eigenvalue weighted by Gasteiger charge is -2.26. The number of halogens is 2. The van der Waals surface area contributed by atoms with Crippen LogP contribution >= 0.6 is 23.2 Å². The second kappa shape index (κ2) is 6.02. The predicted molar refractivity (Wildman–Crippen MR) is 101 cm³/mol. The molecule has 1 N–H and O–H groups in total. The van der Waals surface area contributed by atoms with Crippen LogP contribution in [0, 0.1) is 6.92 Å². The van der Waals surface area contributed by atoms with Crippen molar-refractivity contribution in [1.82, 2.24) is 9.29 Å². The van der Waals surface area contributed by atoms with Gasteiger partial charge in [-0.25, -0.2) is 8.42 Å². The number of rotatable bonds is 2. The van der Waals surface area contributed by atoms with Crippen molar-refractivity contribution in [2.75, 3.05) is 6.54 Å². The highest BCUT2D eigenvalue weighted by Gasteiger charge is 2.30. The van der Waals surface area contributed by atoms with Crippen LogP contribution in [0.15, 0.2) is 41.3 Å². The fraction of sp³-hybridized carbons (Fsp3) is 0.222. The number of aromatic amines is 1. The maximum Gasteiger partial charge on any atom is 0.243 e. The predicted octanol–water partition coefficient (Wildman–Crippen LogP) is 4.53. The van der Waals surface area contributed by atoms with Gasteiger partial charge in [0.25, 0.3) is 0 Å². The van der Waals surface area contributed by atoms with Gasteiger partial charge in [0.05, 0.1) is 14.9 Å². The van der Waals surface area contributed by atoms with E-state index in [0.29, 0.717) is 24.5 Å². The van der Waals surface area contributed by atoms with Gasteiger partial charge in [-0.15, -0.1) is 0 Å². The Balaban J connectivity index is 1.75. The summed E-state index contributed by atoms with van der Waals surface area (Å²) in [7, 11) is -3.62. The molecule has 0 unspecified atom stereocenters. The molecule has 1 aliphatic rings. The van der Waals surface area contributed by atoms with Gasteiger partial charge in [-0.05, 0) is 42.8 Å². The average molecular weight is 395 g/mol. The second-order valence-electron chi connectivity index (χ2n) is 6.30. The number of nitrogens with one attached hydrogen (secondary N) is 1. The van der Waals surface area contributed by atoms with Crippen molar-refractivity contribution in [1.29, 1.82) is 0 Å². The fourth-order valence-electron chi connectivity index (χ4n) is 3.29. The van der Waals surface area contributed by atoms with Gasteiger partial charge < -0.3 is 4.98 Å². The Morgan fingerprint density at radius 2 is 1.88 bits per heavy atom. The van der Waals surface area contributed by atoms with E-state index in [1.807, 2.05) is 13.0 Å². The van der Waals surface area contributed by atoms with E-state index in [4.69, 9.17) is 23.2 Å². The number of aryl methyl sites for hydroxylation is 1. The van der Waals surface area contributed by atoms with Crippen LogP contribution < -0.4 is 0 Å². The molecular weight excluding hydrogens is 379 g/mol. The van der Waals surface area contributed by atoms with Gasteiger partial charge in [0.1, 0.15) is 0 Å². The number of nitrogens with zero attached hydrogens (tertiary/aromatic N) is 1. The summed E-state index contributed by atoms with van der Waals surface area (Å²) < 4.78 is 27.5. The molecule has 0 saturated heterocycles. The fourth-order valence-corrected chi connectivity index (χ4v) is 5.09. The number of sulfonamides is 1. The lowest BCUT2D eigenvalue weighted by Crippen LogP contribution is -2.35. The lowest BCUT2D eigenvalue weighted by atomic mass is 10.0. The molecule has 0 aliphatic carbocycles. The molecule has 1 aromatic heterocycles. The molecule has 4 nitrogen and oxygen atoms in total. The van der Waals surface area contributed by atoms with Crippen molar-refractivity contribution in [2.45, 2.75) is 24.8 Å². The standard InChI is InChI=1S/C18H16Cl2N2O2S/c1-11-2-5-17-13(8-11)14-10-22(7-6-18(14)21-17)25(23,24)12-3-4-15(19)16(20)9-12/h2-5,8-9,21H,6-7,10H2,1H3. The van der Waals surface area contributed by atoms with Crippen LogP contribution in [0.4, 0.5) is 0 Å². The molecule has 0 radical (unpaired) electrons. The Hall–Kier alpha value is -1.53. The monoisotopic (exact) mass is 394 g/mol. The van der Waals surface area contributed by atoms with Crippen molar-refractivity contribution in [3.63, 3.8) is 0 Å². The zero-order valence-corrected chi connectivity index (χ0v) is 15.8. The topological polar surface area (TPSA) is 53.2 Å². The number of H-pyrrole nitrogens is 1. The number of hydrogen-bond donors (Lipinski definition) is 1. The first-order valence-corrected chi connectivity index (χ1v) is 10.1. The second-order valence-corrected chi connectivity index (χ2v) is 9.05. The quantitative estimate of drug-likeness (QED) is 0.693. The Morgan fingerprint density at radius 3 is 2.64 bits per heavy atom. The van der Waals surface area contributed by atoms with Crippen molar-refractivity contribution in [3.8, 4) is 0 Å². The molecule has 25 heavy (non-hydrogen) atoms. The summed E-state index contributed by atoms with van der Waals surface area (Å²) in [6.07, 6.45) is 0.656. The maximum absolute atomic E-state index is 13.0. The highest BCUT2D eigenvalue weighted by Crippen LogP contribution is 2.32. The average Bonchev–Trinajstić information content (AvgIpc) is 2.94. The summed E-state index contributed by atoms with van der Waals surface area (Å²) in [6.45, 7) is 2.81. The summed E-state index contributed by atoms with van der Waals surface area (Å²) in [5.74, 6) is 0. The van der Waals surface area contributed by atoms with Gasteiger partial charge in [-0.3, -0.25) is 0 Å². The minimum atomic E-state index is -3.62. The van der Waals surface area contributed by atoms with Gasteiger partial charge in [-0.2, -0.15) is 4.31 Å². The highest BCUT2D eigenvalue weighted by molar-refractivity contribution is 7.89. The van der Waals surface area contributed by atoms with Crippen molar-refractivity contribution in [2.24, 2.45) is 0 Å². The van der Waals surface area contributed by atoms with Crippen molar-refractivity contribution >= 4 is 44.1 Å². The van der Waals surface area contributed by atoms with Gasteiger partial charge in [-0.1, -0.05) is 34.8 Å². The van der Waals surface area contributed by atoms with E-state index in [-0.39, 0.29) is 9.92 Å². The third kappa shape index (κ3) is 2.85. The van der Waals surface area contributed by atoms with Crippen LogP contribution in [0.25, 0.3) is 10.9 Å². The Morgan fingerprint density at radius 1 is 1.08 bits per heavy atom. The molecule has 7 heteroatoms. The van der Waals surface area contributed by atoms with E-state index < -0.39 is 10.0 Å². The third-order valence-corrected chi connectivity index (χ3v) is 7.20. The molecule has 4 rings (SSSR count). The van der Waals surface area contributed by atoms with E-state index in [2.05, 4.69) is 17.1 Å². The van der Waals surface area contributed by atoms with E-state index in [0.717, 1.165) is 27.7 Å². The molecule has 2 aromatic carbocycles. The van der Waals surface area contributed by atoms with Gasteiger partial charge in [0.2, 0.25) is 10.0 Å². The smallest absolute Gasteiger partial charge is 0.243 e. The third-order valence-electron chi connectivity index (χ3n) is 4.62. The first kappa shape index (κ1) is 16.9. The summed E-state index contributed by atoms with van der Waals surface area (Å²) in [6, 6.07) is 10.6. The number of benzene rings is 2. The molecule has 0 fully saturated rings. The molecule has 130 valence electrons. The number of hydrogen-bond acceptors (Lipinski definition) is 2. The van der Waals surface area contributed by atoms with E-state index in [1.165, 1.54) is 22.5 Å². The summed E-state index contributed by atoms with van der Waals surface area (Å²) in [4.78, 5) is 3.58. The molecule has 0 saturated carbocycles. The Labute approximate surface area is 156 Å². The Kier molecular flexibility index (Phi) is 4.07. The summed E-state index contributed by atoms with van der Waals surface area (Å²) >= 11 is 11.9. The number of fused-ring (bicyclic) bond motifs is 3. The minimum Gasteiger partial charge on any atom is -0.358 e. The SMILES string of the molecule is Cc1ccc2[nH]c3c(c2c1)CN(S(=O)(=O)c1ccc(Cl)c(Cl)c1)CC3. The molecule has 0 amide bonds. The Bertz CT molecular complexity index is 1090. The molecule has 3 aromatic rings. The number of aromatic nitrogens is 1. The van der Waals surface area contributed by atoms with Crippen LogP contribution in [-0.4, -0.2) is 24.3 Å². The summed E-state index contributed by atoms with van der Waals surface area (Å²) in [5.41, 5.74) is 4.36. The molecular formula is C18H16Cl2N2O2S. The maximum atomic E-state index is 13.0.